The van der Waals surface area contributed by atoms with Crippen molar-refractivity contribution < 1.29 is 5.11 Å². The highest BCUT2D eigenvalue weighted by molar-refractivity contribution is 7.99. The molecular weight excluding hydrogens is 326 g/mol. The van der Waals surface area contributed by atoms with Crippen LogP contribution in [0.4, 0.5) is 0 Å². The predicted octanol–water partition coefficient (Wildman–Crippen LogP) is 3.99. The summed E-state index contributed by atoms with van der Waals surface area (Å²) in [5.74, 6) is 1.42. The van der Waals surface area contributed by atoms with Crippen LogP contribution in [-0.2, 0) is 7.05 Å². The molecule has 1 N–H and O–H groups in total. The SMILES string of the molecule is Cc1ccc([C@@H](O)CSc2nnc(-c3cccs3)n2C)cc1C. The van der Waals surface area contributed by atoms with Gasteiger partial charge in [0.05, 0.1) is 11.0 Å². The first-order valence-corrected chi connectivity index (χ1v) is 9.24. The lowest BCUT2D eigenvalue weighted by Gasteiger charge is -2.12. The number of thiophene rings is 1. The van der Waals surface area contributed by atoms with Crippen LogP contribution < -0.4 is 0 Å². The molecule has 0 aliphatic heterocycles. The minimum absolute atomic E-state index is 0.513. The molecule has 4 nitrogen and oxygen atoms in total. The molecule has 0 saturated carbocycles. The molecule has 0 radical (unpaired) electrons. The van der Waals surface area contributed by atoms with Crippen molar-refractivity contribution >= 4 is 23.1 Å². The molecule has 0 amide bonds. The van der Waals surface area contributed by atoms with Gasteiger partial charge in [0.2, 0.25) is 0 Å². The molecule has 0 spiro atoms. The van der Waals surface area contributed by atoms with E-state index in [1.807, 2.05) is 41.3 Å². The molecule has 23 heavy (non-hydrogen) atoms. The molecule has 0 aliphatic rings. The standard InChI is InChI=1S/C17H19N3OS2/c1-11-6-7-13(9-12(11)2)14(21)10-23-17-19-18-16(20(17)3)15-5-4-8-22-15/h4-9,14,21H,10H2,1-3H3/t14-/m0/s1. The largest absolute Gasteiger partial charge is 0.388 e. The Hall–Kier alpha value is -1.63. The second-order valence-corrected chi connectivity index (χ2v) is 7.45. The molecule has 0 fully saturated rings. The predicted molar refractivity (Wildman–Crippen MR) is 95.9 cm³/mol. The minimum Gasteiger partial charge on any atom is -0.388 e. The molecule has 6 heteroatoms. The van der Waals surface area contributed by atoms with Gasteiger partial charge in [0.1, 0.15) is 0 Å². The summed E-state index contributed by atoms with van der Waals surface area (Å²) in [6, 6.07) is 10.1. The average molecular weight is 345 g/mol. The van der Waals surface area contributed by atoms with Crippen LogP contribution in [0.2, 0.25) is 0 Å². The highest BCUT2D eigenvalue weighted by Gasteiger charge is 2.15. The third-order valence-electron chi connectivity index (χ3n) is 3.86. The molecule has 120 valence electrons. The first kappa shape index (κ1) is 16.2. The summed E-state index contributed by atoms with van der Waals surface area (Å²) >= 11 is 3.17. The fourth-order valence-electron chi connectivity index (χ4n) is 2.28. The van der Waals surface area contributed by atoms with Crippen molar-refractivity contribution in [1.82, 2.24) is 14.8 Å². The van der Waals surface area contributed by atoms with Crippen LogP contribution in [0.1, 0.15) is 22.8 Å². The average Bonchev–Trinajstić information content (AvgIpc) is 3.17. The Morgan fingerprint density at radius 1 is 1.22 bits per heavy atom. The molecule has 3 rings (SSSR count). The number of aryl methyl sites for hydroxylation is 2. The summed E-state index contributed by atoms with van der Waals surface area (Å²) < 4.78 is 1.98. The van der Waals surface area contributed by atoms with Crippen molar-refractivity contribution in [3.8, 4) is 10.7 Å². The van der Waals surface area contributed by atoms with E-state index < -0.39 is 6.10 Å². The van der Waals surface area contributed by atoms with Crippen LogP contribution in [0.15, 0.2) is 40.9 Å². The summed E-state index contributed by atoms with van der Waals surface area (Å²) in [6.45, 7) is 4.14. The van der Waals surface area contributed by atoms with Crippen LogP contribution in [0, 0.1) is 13.8 Å². The minimum atomic E-state index is -0.513. The monoisotopic (exact) mass is 345 g/mol. The van der Waals surface area contributed by atoms with Gasteiger partial charge in [-0.15, -0.1) is 21.5 Å². The smallest absolute Gasteiger partial charge is 0.191 e. The van der Waals surface area contributed by atoms with Crippen LogP contribution in [0.3, 0.4) is 0 Å². The summed E-state index contributed by atoms with van der Waals surface area (Å²) in [5.41, 5.74) is 3.38. The summed E-state index contributed by atoms with van der Waals surface area (Å²) in [4.78, 5) is 1.10. The van der Waals surface area contributed by atoms with Gasteiger partial charge < -0.3 is 9.67 Å². The van der Waals surface area contributed by atoms with E-state index in [9.17, 15) is 5.11 Å². The van der Waals surface area contributed by atoms with E-state index in [0.29, 0.717) is 5.75 Å². The number of aliphatic hydroxyl groups is 1. The lowest BCUT2D eigenvalue weighted by atomic mass is 10.0. The van der Waals surface area contributed by atoms with Gasteiger partial charge in [-0.2, -0.15) is 0 Å². The number of thioether (sulfide) groups is 1. The first-order valence-electron chi connectivity index (χ1n) is 7.37. The maximum absolute atomic E-state index is 10.4. The zero-order valence-electron chi connectivity index (χ0n) is 13.4. The van der Waals surface area contributed by atoms with E-state index in [-0.39, 0.29) is 0 Å². The zero-order chi connectivity index (χ0) is 16.4. The molecule has 0 saturated heterocycles. The summed E-state index contributed by atoms with van der Waals surface area (Å²) in [5, 5.41) is 21.7. The Morgan fingerprint density at radius 2 is 2.04 bits per heavy atom. The van der Waals surface area contributed by atoms with E-state index in [1.54, 1.807) is 11.3 Å². The van der Waals surface area contributed by atoms with E-state index in [4.69, 9.17) is 0 Å². The molecule has 2 aromatic heterocycles. The van der Waals surface area contributed by atoms with Crippen molar-refractivity contribution in [2.75, 3.05) is 5.75 Å². The number of benzene rings is 1. The fourth-order valence-corrected chi connectivity index (χ4v) is 3.90. The maximum atomic E-state index is 10.4. The van der Waals surface area contributed by atoms with E-state index >= 15 is 0 Å². The maximum Gasteiger partial charge on any atom is 0.191 e. The molecule has 0 unspecified atom stereocenters. The third kappa shape index (κ3) is 3.49. The highest BCUT2D eigenvalue weighted by atomic mass is 32.2. The fraction of sp³-hybridized carbons (Fsp3) is 0.294. The quantitative estimate of drug-likeness (QED) is 0.711. The van der Waals surface area contributed by atoms with Gasteiger partial charge in [0.25, 0.3) is 0 Å². The van der Waals surface area contributed by atoms with Gasteiger partial charge in [0.15, 0.2) is 11.0 Å². The number of hydrogen-bond donors (Lipinski definition) is 1. The van der Waals surface area contributed by atoms with Gasteiger partial charge in [-0.3, -0.25) is 0 Å². The van der Waals surface area contributed by atoms with Crippen molar-refractivity contribution in [2.45, 2.75) is 25.1 Å². The van der Waals surface area contributed by atoms with E-state index in [0.717, 1.165) is 21.4 Å². The van der Waals surface area contributed by atoms with Crippen LogP contribution in [0.5, 0.6) is 0 Å². The number of aliphatic hydroxyl groups excluding tert-OH is 1. The topological polar surface area (TPSA) is 50.9 Å². The van der Waals surface area contributed by atoms with Crippen molar-refractivity contribution in [3.05, 3.63) is 52.4 Å². The Bertz CT molecular complexity index is 796. The van der Waals surface area contributed by atoms with Gasteiger partial charge in [-0.05, 0) is 42.0 Å². The highest BCUT2D eigenvalue weighted by Crippen LogP contribution is 2.28. The lowest BCUT2D eigenvalue weighted by molar-refractivity contribution is 0.204. The number of hydrogen-bond acceptors (Lipinski definition) is 5. The Morgan fingerprint density at radius 3 is 2.74 bits per heavy atom. The second kappa shape index (κ2) is 6.86. The number of aromatic nitrogens is 3. The van der Waals surface area contributed by atoms with Crippen molar-refractivity contribution in [3.63, 3.8) is 0 Å². The lowest BCUT2D eigenvalue weighted by Crippen LogP contribution is -2.03. The van der Waals surface area contributed by atoms with E-state index in [1.165, 1.54) is 22.9 Å². The molecule has 1 atom stereocenters. The number of rotatable bonds is 5. The van der Waals surface area contributed by atoms with Crippen LogP contribution in [0.25, 0.3) is 10.7 Å². The van der Waals surface area contributed by atoms with Gasteiger partial charge in [0, 0.05) is 12.8 Å². The molecule has 2 heterocycles. The summed E-state index contributed by atoms with van der Waals surface area (Å²) in [7, 11) is 1.96. The number of nitrogens with zero attached hydrogens (tertiary/aromatic N) is 3. The van der Waals surface area contributed by atoms with Crippen molar-refractivity contribution in [2.24, 2.45) is 7.05 Å². The summed E-state index contributed by atoms with van der Waals surface area (Å²) in [6.07, 6.45) is -0.513. The van der Waals surface area contributed by atoms with Gasteiger partial charge in [-0.25, -0.2) is 0 Å². The van der Waals surface area contributed by atoms with Crippen LogP contribution in [-0.4, -0.2) is 25.6 Å². The van der Waals surface area contributed by atoms with E-state index in [2.05, 4.69) is 30.1 Å². The third-order valence-corrected chi connectivity index (χ3v) is 5.82. The molecular formula is C17H19N3OS2. The molecule has 0 bridgehead atoms. The van der Waals surface area contributed by atoms with Crippen molar-refractivity contribution in [1.29, 1.82) is 0 Å². The Kier molecular flexibility index (Phi) is 4.84. The Labute approximate surface area is 144 Å². The first-order chi connectivity index (χ1) is 11.1. The zero-order valence-corrected chi connectivity index (χ0v) is 15.0. The molecule has 1 aromatic carbocycles. The van der Waals surface area contributed by atoms with Gasteiger partial charge in [-0.1, -0.05) is 36.0 Å². The Balaban J connectivity index is 1.70. The second-order valence-electron chi connectivity index (χ2n) is 5.51. The van der Waals surface area contributed by atoms with Crippen LogP contribution >= 0.6 is 23.1 Å². The van der Waals surface area contributed by atoms with Gasteiger partial charge >= 0.3 is 0 Å². The normalized spacial score (nSPS) is 12.5. The molecule has 3 aromatic rings. The molecule has 0 aliphatic carbocycles.